The summed E-state index contributed by atoms with van der Waals surface area (Å²) in [6, 6.07) is 7.72. The van der Waals surface area contributed by atoms with Crippen molar-refractivity contribution in [3.8, 4) is 0 Å². The average molecular weight is 496 g/mol. The van der Waals surface area contributed by atoms with E-state index in [9.17, 15) is 18.0 Å². The minimum atomic E-state index is -3.73. The highest BCUT2D eigenvalue weighted by atomic mass is 35.5. The van der Waals surface area contributed by atoms with Crippen LogP contribution in [-0.2, 0) is 24.3 Å². The molecule has 2 amide bonds. The van der Waals surface area contributed by atoms with E-state index in [0.29, 0.717) is 19.0 Å². The second-order valence-electron chi connectivity index (χ2n) is 7.65. The van der Waals surface area contributed by atoms with E-state index < -0.39 is 15.9 Å². The predicted octanol–water partition coefficient (Wildman–Crippen LogP) is 1.57. The normalized spacial score (nSPS) is 14.8. The highest BCUT2D eigenvalue weighted by Gasteiger charge is 2.27. The predicted molar refractivity (Wildman–Crippen MR) is 125 cm³/mol. The number of aryl methyl sites for hydroxylation is 1. The van der Waals surface area contributed by atoms with Gasteiger partial charge in [0.25, 0.3) is 0 Å². The molecular weight excluding hydrogens is 470 g/mol. The lowest BCUT2D eigenvalue weighted by molar-refractivity contribution is -0.119. The van der Waals surface area contributed by atoms with Gasteiger partial charge in [-0.15, -0.1) is 0 Å². The van der Waals surface area contributed by atoms with Gasteiger partial charge in [-0.2, -0.15) is 4.31 Å². The van der Waals surface area contributed by atoms with Crippen LogP contribution in [0.1, 0.15) is 5.56 Å². The molecular formula is C21H26ClN5O5S. The van der Waals surface area contributed by atoms with Crippen molar-refractivity contribution in [1.29, 1.82) is 0 Å². The van der Waals surface area contributed by atoms with Crippen molar-refractivity contribution in [3.05, 3.63) is 47.1 Å². The van der Waals surface area contributed by atoms with Crippen LogP contribution in [0.25, 0.3) is 0 Å². The van der Waals surface area contributed by atoms with Crippen molar-refractivity contribution in [2.24, 2.45) is 0 Å². The smallest absolute Gasteiger partial charge is 0.243 e. The quantitative estimate of drug-likeness (QED) is 0.570. The minimum Gasteiger partial charge on any atom is -0.379 e. The monoisotopic (exact) mass is 495 g/mol. The summed E-state index contributed by atoms with van der Waals surface area (Å²) in [5.74, 6) is -0.329. The summed E-state index contributed by atoms with van der Waals surface area (Å²) in [5, 5.41) is 5.50. The summed E-state index contributed by atoms with van der Waals surface area (Å²) >= 11 is 6.17. The van der Waals surface area contributed by atoms with Gasteiger partial charge in [0, 0.05) is 19.3 Å². The number of carbonyl (C=O) groups excluding carboxylic acids is 2. The molecule has 1 saturated heterocycles. The van der Waals surface area contributed by atoms with E-state index in [-0.39, 0.29) is 47.7 Å². The third kappa shape index (κ3) is 6.95. The van der Waals surface area contributed by atoms with Crippen LogP contribution < -0.4 is 10.6 Å². The zero-order valence-corrected chi connectivity index (χ0v) is 19.9. The average Bonchev–Trinajstić information content (AvgIpc) is 2.75. The lowest BCUT2D eigenvalue weighted by Crippen LogP contribution is -2.40. The molecule has 0 spiro atoms. The number of amides is 2. The van der Waals surface area contributed by atoms with Gasteiger partial charge in [0.2, 0.25) is 21.8 Å². The Morgan fingerprint density at radius 2 is 1.79 bits per heavy atom. The van der Waals surface area contributed by atoms with Gasteiger partial charge in [0.05, 0.1) is 41.9 Å². The lowest BCUT2D eigenvalue weighted by atomic mass is 10.3. The maximum atomic E-state index is 12.9. The molecule has 0 aliphatic carbocycles. The molecule has 0 bridgehead atoms. The van der Waals surface area contributed by atoms with Gasteiger partial charge in [-0.05, 0) is 49.9 Å². The fourth-order valence-electron chi connectivity index (χ4n) is 3.22. The van der Waals surface area contributed by atoms with Crippen molar-refractivity contribution in [2.45, 2.75) is 11.8 Å². The molecule has 0 radical (unpaired) electrons. The maximum Gasteiger partial charge on any atom is 0.243 e. The number of nitrogens with one attached hydrogen (secondary N) is 2. The van der Waals surface area contributed by atoms with E-state index >= 15 is 0 Å². The largest absolute Gasteiger partial charge is 0.379 e. The van der Waals surface area contributed by atoms with Gasteiger partial charge in [0.1, 0.15) is 5.82 Å². The highest BCUT2D eigenvalue weighted by Crippen LogP contribution is 2.27. The second kappa shape index (κ2) is 11.0. The number of aromatic nitrogens is 1. The summed E-state index contributed by atoms with van der Waals surface area (Å²) in [6.07, 6.45) is 1.60. The second-order valence-corrected chi connectivity index (χ2v) is 9.99. The van der Waals surface area contributed by atoms with Crippen molar-refractivity contribution >= 4 is 44.9 Å². The highest BCUT2D eigenvalue weighted by molar-refractivity contribution is 7.89. The number of likely N-dealkylation sites (N-methyl/N-ethyl adjacent to an activating group) is 1. The van der Waals surface area contributed by atoms with E-state index in [2.05, 4.69) is 15.6 Å². The van der Waals surface area contributed by atoms with Crippen LogP contribution in [0.3, 0.4) is 0 Å². The summed E-state index contributed by atoms with van der Waals surface area (Å²) in [5.41, 5.74) is 1.14. The first-order valence-electron chi connectivity index (χ1n) is 10.2. The molecule has 2 aromatic rings. The fourth-order valence-corrected chi connectivity index (χ4v) is 4.82. The maximum absolute atomic E-state index is 12.9. The van der Waals surface area contributed by atoms with E-state index in [1.54, 1.807) is 19.3 Å². The number of nitrogens with zero attached hydrogens (tertiary/aromatic N) is 3. The number of rotatable bonds is 8. The van der Waals surface area contributed by atoms with Crippen LogP contribution in [-0.4, -0.2) is 80.9 Å². The third-order valence-electron chi connectivity index (χ3n) is 4.83. The van der Waals surface area contributed by atoms with Crippen molar-refractivity contribution < 1.29 is 22.7 Å². The fraction of sp³-hybridized carbons (Fsp3) is 0.381. The number of morpholine rings is 1. The Bertz CT molecular complexity index is 1120. The first-order valence-corrected chi connectivity index (χ1v) is 12.1. The molecule has 1 aliphatic heterocycles. The van der Waals surface area contributed by atoms with Crippen molar-refractivity contribution in [2.75, 3.05) is 57.1 Å². The number of halogens is 1. The van der Waals surface area contributed by atoms with Crippen LogP contribution >= 0.6 is 11.6 Å². The van der Waals surface area contributed by atoms with Gasteiger partial charge in [-0.25, -0.2) is 13.4 Å². The Morgan fingerprint density at radius 3 is 2.45 bits per heavy atom. The number of hydrogen-bond donors (Lipinski definition) is 2. The van der Waals surface area contributed by atoms with Crippen LogP contribution in [0.2, 0.25) is 5.02 Å². The molecule has 1 fully saturated rings. The Balaban J connectivity index is 1.59. The van der Waals surface area contributed by atoms with Crippen molar-refractivity contribution in [1.82, 2.24) is 14.2 Å². The number of anilines is 2. The number of ether oxygens (including phenoxy) is 1. The van der Waals surface area contributed by atoms with E-state index in [4.69, 9.17) is 16.3 Å². The number of sulfonamides is 1. The molecule has 10 nitrogen and oxygen atoms in total. The number of benzene rings is 1. The zero-order chi connectivity index (χ0) is 24.0. The molecule has 12 heteroatoms. The van der Waals surface area contributed by atoms with Gasteiger partial charge < -0.3 is 15.4 Å². The molecule has 0 atom stereocenters. The van der Waals surface area contributed by atoms with Crippen LogP contribution in [0.4, 0.5) is 11.5 Å². The summed E-state index contributed by atoms with van der Waals surface area (Å²) in [4.78, 5) is 30.3. The molecule has 0 unspecified atom stereocenters. The molecule has 33 heavy (non-hydrogen) atoms. The Kier molecular flexibility index (Phi) is 8.38. The molecule has 1 aliphatic rings. The van der Waals surface area contributed by atoms with Gasteiger partial charge in [0.15, 0.2) is 0 Å². The number of pyridine rings is 1. The Morgan fingerprint density at radius 1 is 1.12 bits per heavy atom. The topological polar surface area (TPSA) is 121 Å². The zero-order valence-electron chi connectivity index (χ0n) is 18.4. The number of hydrogen-bond acceptors (Lipinski definition) is 7. The summed E-state index contributed by atoms with van der Waals surface area (Å²) in [7, 11) is -2.12. The molecule has 2 heterocycles. The number of carbonyl (C=O) groups is 2. The minimum absolute atomic E-state index is 0.0301. The summed E-state index contributed by atoms with van der Waals surface area (Å²) < 4.78 is 32.3. The molecule has 1 aromatic carbocycles. The third-order valence-corrected chi connectivity index (χ3v) is 7.05. The first kappa shape index (κ1) is 25.1. The van der Waals surface area contributed by atoms with Crippen molar-refractivity contribution in [3.63, 3.8) is 0 Å². The molecule has 178 valence electrons. The van der Waals surface area contributed by atoms with E-state index in [1.807, 2.05) is 13.0 Å². The van der Waals surface area contributed by atoms with Crippen LogP contribution in [0, 0.1) is 6.92 Å². The van der Waals surface area contributed by atoms with E-state index in [1.165, 1.54) is 27.4 Å². The van der Waals surface area contributed by atoms with E-state index in [0.717, 1.165) is 5.56 Å². The molecule has 2 N–H and O–H groups in total. The molecule has 3 rings (SSSR count). The van der Waals surface area contributed by atoms with Crippen LogP contribution in [0.5, 0.6) is 0 Å². The van der Waals surface area contributed by atoms with Gasteiger partial charge in [-0.3, -0.25) is 14.5 Å². The standard InChI is InChI=1S/C21H26ClN5O5S/c1-15-5-6-23-19(11-15)25-21(29)14-26(2)13-20(28)24-18-12-16(3-4-17(18)22)33(30,31)27-7-9-32-10-8-27/h3-6,11-12H,7-10,13-14H2,1-2H3,(H,24,28)(H,23,25,29). The van der Waals surface area contributed by atoms with Crippen LogP contribution in [0.15, 0.2) is 41.4 Å². The molecule has 1 aromatic heterocycles. The molecule has 0 saturated carbocycles. The summed E-state index contributed by atoms with van der Waals surface area (Å²) in [6.45, 7) is 2.93. The lowest BCUT2D eigenvalue weighted by Gasteiger charge is -2.26. The Labute approximate surface area is 197 Å². The SMILES string of the molecule is Cc1ccnc(NC(=O)CN(C)CC(=O)Nc2cc(S(=O)(=O)N3CCOCC3)ccc2Cl)c1. The first-order chi connectivity index (χ1) is 15.6. The van der Waals surface area contributed by atoms with Gasteiger partial charge in [-0.1, -0.05) is 11.6 Å². The van der Waals surface area contributed by atoms with Gasteiger partial charge >= 0.3 is 0 Å². The Hall–Kier alpha value is -2.57.